The van der Waals surface area contributed by atoms with Gasteiger partial charge in [-0.1, -0.05) is 30.9 Å². The van der Waals surface area contributed by atoms with Crippen LogP contribution in [0, 0.1) is 6.92 Å². The first kappa shape index (κ1) is 13.3. The van der Waals surface area contributed by atoms with Gasteiger partial charge in [0.2, 0.25) is 0 Å². The first-order valence-corrected chi connectivity index (χ1v) is 7.84. The van der Waals surface area contributed by atoms with Crippen LogP contribution >= 0.6 is 11.6 Å². The highest BCUT2D eigenvalue weighted by Gasteiger charge is 2.40. The van der Waals surface area contributed by atoms with Gasteiger partial charge in [0.25, 0.3) is 0 Å². The molecule has 19 heavy (non-hydrogen) atoms. The number of anilines is 1. The van der Waals surface area contributed by atoms with Crippen LogP contribution in [0.4, 0.5) is 5.69 Å². The Morgan fingerprint density at radius 3 is 2.74 bits per heavy atom. The van der Waals surface area contributed by atoms with Gasteiger partial charge in [0.15, 0.2) is 0 Å². The van der Waals surface area contributed by atoms with Gasteiger partial charge >= 0.3 is 0 Å². The van der Waals surface area contributed by atoms with Gasteiger partial charge in [-0.2, -0.15) is 0 Å². The van der Waals surface area contributed by atoms with Crippen molar-refractivity contribution in [2.45, 2.75) is 44.6 Å². The largest absolute Gasteiger partial charge is 0.363 e. The van der Waals surface area contributed by atoms with E-state index in [1.54, 1.807) is 0 Å². The Bertz CT molecular complexity index is 444. The molecular weight excluding hydrogens is 256 g/mol. The summed E-state index contributed by atoms with van der Waals surface area (Å²) in [6.45, 7) is 5.52. The van der Waals surface area contributed by atoms with Crippen molar-refractivity contribution in [2.75, 3.05) is 24.5 Å². The van der Waals surface area contributed by atoms with E-state index in [0.29, 0.717) is 5.54 Å². The van der Waals surface area contributed by atoms with E-state index >= 15 is 0 Å². The lowest BCUT2D eigenvalue weighted by Crippen LogP contribution is -2.62. The summed E-state index contributed by atoms with van der Waals surface area (Å²) in [5, 5.41) is 4.45. The van der Waals surface area contributed by atoms with E-state index in [9.17, 15) is 0 Å². The van der Waals surface area contributed by atoms with Crippen molar-refractivity contribution >= 4 is 17.3 Å². The first-order valence-electron chi connectivity index (χ1n) is 7.46. The minimum absolute atomic E-state index is 0.342. The summed E-state index contributed by atoms with van der Waals surface area (Å²) >= 11 is 6.10. The molecule has 0 unspecified atom stereocenters. The molecule has 1 aliphatic carbocycles. The molecule has 1 N–H and O–H groups in total. The highest BCUT2D eigenvalue weighted by Crippen LogP contribution is 2.39. The van der Waals surface area contributed by atoms with E-state index < -0.39 is 0 Å². The summed E-state index contributed by atoms with van der Waals surface area (Å²) in [5.41, 5.74) is 3.03. The zero-order chi connectivity index (χ0) is 13.3. The molecule has 1 saturated heterocycles. The molecule has 1 saturated carbocycles. The minimum atomic E-state index is 0.342. The third kappa shape index (κ3) is 2.48. The molecule has 2 nitrogen and oxygen atoms in total. The summed E-state index contributed by atoms with van der Waals surface area (Å²) in [5.74, 6) is 0. The van der Waals surface area contributed by atoms with Crippen LogP contribution in [0.15, 0.2) is 18.2 Å². The Morgan fingerprint density at radius 2 is 2.00 bits per heavy atom. The van der Waals surface area contributed by atoms with Gasteiger partial charge in [0.1, 0.15) is 0 Å². The Kier molecular flexibility index (Phi) is 3.72. The zero-order valence-electron chi connectivity index (χ0n) is 11.7. The van der Waals surface area contributed by atoms with Gasteiger partial charge in [-0.15, -0.1) is 0 Å². The highest BCUT2D eigenvalue weighted by molar-refractivity contribution is 6.30. The van der Waals surface area contributed by atoms with E-state index in [1.807, 2.05) is 6.07 Å². The monoisotopic (exact) mass is 278 g/mol. The molecule has 1 spiro atoms. The van der Waals surface area contributed by atoms with E-state index in [4.69, 9.17) is 11.6 Å². The van der Waals surface area contributed by atoms with Crippen LogP contribution in [-0.2, 0) is 0 Å². The summed E-state index contributed by atoms with van der Waals surface area (Å²) in [4.78, 5) is 2.66. The van der Waals surface area contributed by atoms with Crippen LogP contribution < -0.4 is 10.2 Å². The summed E-state index contributed by atoms with van der Waals surface area (Å²) in [7, 11) is 0. The molecule has 0 amide bonds. The van der Waals surface area contributed by atoms with Crippen molar-refractivity contribution in [3.63, 3.8) is 0 Å². The van der Waals surface area contributed by atoms with Crippen LogP contribution in [0.5, 0.6) is 0 Å². The molecule has 0 atom stereocenters. The SMILES string of the molecule is Cc1cc(Cl)ccc1N1CCNCC12CCCCC2. The molecular formula is C16H23ClN2. The number of rotatable bonds is 1. The Hall–Kier alpha value is -0.730. The predicted molar refractivity (Wildman–Crippen MR) is 82.2 cm³/mol. The summed E-state index contributed by atoms with van der Waals surface area (Å²) in [6, 6.07) is 6.33. The Labute approximate surface area is 121 Å². The number of nitrogens with one attached hydrogen (secondary N) is 1. The van der Waals surface area contributed by atoms with Crippen molar-refractivity contribution in [3.8, 4) is 0 Å². The highest BCUT2D eigenvalue weighted by atomic mass is 35.5. The molecule has 0 bridgehead atoms. The fourth-order valence-corrected chi connectivity index (χ4v) is 4.03. The Morgan fingerprint density at radius 1 is 1.21 bits per heavy atom. The van der Waals surface area contributed by atoms with Gasteiger partial charge in [-0.25, -0.2) is 0 Å². The van der Waals surface area contributed by atoms with Gasteiger partial charge < -0.3 is 10.2 Å². The number of hydrogen-bond acceptors (Lipinski definition) is 2. The maximum absolute atomic E-state index is 6.10. The number of hydrogen-bond donors (Lipinski definition) is 1. The quantitative estimate of drug-likeness (QED) is 0.841. The van der Waals surface area contributed by atoms with Crippen LogP contribution in [-0.4, -0.2) is 25.2 Å². The molecule has 2 fully saturated rings. The molecule has 3 heteroatoms. The molecule has 3 rings (SSSR count). The smallest absolute Gasteiger partial charge is 0.0527 e. The van der Waals surface area contributed by atoms with Gasteiger partial charge in [-0.05, 0) is 43.5 Å². The number of nitrogens with zero attached hydrogens (tertiary/aromatic N) is 1. The maximum atomic E-state index is 6.10. The van der Waals surface area contributed by atoms with E-state index in [2.05, 4.69) is 29.3 Å². The lowest BCUT2D eigenvalue weighted by molar-refractivity contribution is 0.241. The first-order chi connectivity index (χ1) is 9.21. The fraction of sp³-hybridized carbons (Fsp3) is 0.625. The second-order valence-electron chi connectivity index (χ2n) is 6.04. The van der Waals surface area contributed by atoms with Crippen molar-refractivity contribution in [1.82, 2.24) is 5.32 Å². The standard InChI is InChI=1S/C16H23ClN2/c1-13-11-14(17)5-6-15(13)19-10-9-18-12-16(19)7-3-2-4-8-16/h5-6,11,18H,2-4,7-10,12H2,1H3. The maximum Gasteiger partial charge on any atom is 0.0527 e. The fourth-order valence-electron chi connectivity index (χ4n) is 3.80. The van der Waals surface area contributed by atoms with Gasteiger partial charge in [-0.3, -0.25) is 0 Å². The molecule has 2 aliphatic rings. The number of halogens is 1. The summed E-state index contributed by atoms with van der Waals surface area (Å²) < 4.78 is 0. The number of aryl methyl sites for hydroxylation is 1. The Balaban J connectivity index is 1.95. The molecule has 104 valence electrons. The van der Waals surface area contributed by atoms with Gasteiger partial charge in [0.05, 0.1) is 5.54 Å². The predicted octanol–water partition coefficient (Wildman–Crippen LogP) is 3.76. The van der Waals surface area contributed by atoms with Crippen LogP contribution in [0.3, 0.4) is 0 Å². The molecule has 1 heterocycles. The van der Waals surface area contributed by atoms with E-state index in [1.165, 1.54) is 43.4 Å². The number of benzene rings is 1. The molecule has 1 aliphatic heterocycles. The van der Waals surface area contributed by atoms with Crippen molar-refractivity contribution < 1.29 is 0 Å². The molecule has 0 aromatic heterocycles. The zero-order valence-corrected chi connectivity index (χ0v) is 12.5. The van der Waals surface area contributed by atoms with Crippen molar-refractivity contribution in [3.05, 3.63) is 28.8 Å². The second-order valence-corrected chi connectivity index (χ2v) is 6.48. The normalized spacial score (nSPS) is 22.7. The minimum Gasteiger partial charge on any atom is -0.363 e. The second kappa shape index (κ2) is 5.34. The average Bonchev–Trinajstić information content (AvgIpc) is 2.41. The van der Waals surface area contributed by atoms with E-state index in [-0.39, 0.29) is 0 Å². The summed E-state index contributed by atoms with van der Waals surface area (Å²) in [6.07, 6.45) is 6.77. The lowest BCUT2D eigenvalue weighted by atomic mass is 9.78. The molecule has 1 aromatic carbocycles. The van der Waals surface area contributed by atoms with Crippen LogP contribution in [0.2, 0.25) is 5.02 Å². The van der Waals surface area contributed by atoms with Crippen molar-refractivity contribution in [2.24, 2.45) is 0 Å². The van der Waals surface area contributed by atoms with Crippen LogP contribution in [0.1, 0.15) is 37.7 Å². The topological polar surface area (TPSA) is 15.3 Å². The third-order valence-electron chi connectivity index (χ3n) is 4.77. The number of piperazine rings is 1. The van der Waals surface area contributed by atoms with Crippen LogP contribution in [0.25, 0.3) is 0 Å². The van der Waals surface area contributed by atoms with Crippen molar-refractivity contribution in [1.29, 1.82) is 0 Å². The molecule has 0 radical (unpaired) electrons. The lowest BCUT2D eigenvalue weighted by Gasteiger charge is -2.51. The van der Waals surface area contributed by atoms with Gasteiger partial charge in [0, 0.05) is 30.3 Å². The molecule has 1 aromatic rings. The van der Waals surface area contributed by atoms with E-state index in [0.717, 1.165) is 24.7 Å². The third-order valence-corrected chi connectivity index (χ3v) is 5.01. The average molecular weight is 279 g/mol.